The number of carbonyl (C=O) groups is 1. The Balaban J connectivity index is 2.13. The lowest BCUT2D eigenvalue weighted by molar-refractivity contribution is 0.102. The van der Waals surface area contributed by atoms with E-state index >= 15 is 0 Å². The molecule has 1 heterocycles. The van der Waals surface area contributed by atoms with Crippen molar-refractivity contribution in [2.75, 3.05) is 22.9 Å². The molecule has 0 radical (unpaired) electrons. The third kappa shape index (κ3) is 3.95. The lowest BCUT2D eigenvalue weighted by Gasteiger charge is -2.10. The van der Waals surface area contributed by atoms with Gasteiger partial charge in [-0.05, 0) is 30.5 Å². The number of rotatable bonds is 5. The minimum absolute atomic E-state index is 0.250. The van der Waals surface area contributed by atoms with Crippen LogP contribution in [0, 0.1) is 12.8 Å². The van der Waals surface area contributed by atoms with Crippen LogP contribution in [0.5, 0.6) is 0 Å². The fourth-order valence-corrected chi connectivity index (χ4v) is 2.48. The van der Waals surface area contributed by atoms with Crippen molar-refractivity contribution in [3.63, 3.8) is 0 Å². The van der Waals surface area contributed by atoms with E-state index < -0.39 is 0 Å². The van der Waals surface area contributed by atoms with Crippen LogP contribution < -0.4 is 16.4 Å². The van der Waals surface area contributed by atoms with E-state index in [1.54, 1.807) is 11.6 Å². The summed E-state index contributed by atoms with van der Waals surface area (Å²) in [6.45, 7) is 6.98. The van der Waals surface area contributed by atoms with Gasteiger partial charge in [-0.3, -0.25) is 4.79 Å². The molecule has 1 amide bonds. The maximum absolute atomic E-state index is 12.3. The summed E-state index contributed by atoms with van der Waals surface area (Å²) in [4.78, 5) is 16.5. The van der Waals surface area contributed by atoms with Gasteiger partial charge in [0.2, 0.25) is 0 Å². The van der Waals surface area contributed by atoms with Gasteiger partial charge in [0.05, 0.1) is 16.9 Å². The summed E-state index contributed by atoms with van der Waals surface area (Å²) in [6.07, 6.45) is 0. The molecule has 2 rings (SSSR count). The second kappa shape index (κ2) is 6.58. The van der Waals surface area contributed by atoms with Crippen molar-refractivity contribution in [1.82, 2.24) is 4.98 Å². The number of thiazole rings is 1. The van der Waals surface area contributed by atoms with E-state index in [-0.39, 0.29) is 5.91 Å². The third-order valence-corrected chi connectivity index (χ3v) is 3.69. The van der Waals surface area contributed by atoms with Gasteiger partial charge in [-0.1, -0.05) is 19.9 Å². The molecule has 0 aliphatic carbocycles. The molecule has 0 aliphatic heterocycles. The first-order chi connectivity index (χ1) is 9.97. The highest BCUT2D eigenvalue weighted by Gasteiger charge is 2.16. The Labute approximate surface area is 128 Å². The number of hydrogen-bond acceptors (Lipinski definition) is 5. The summed E-state index contributed by atoms with van der Waals surface area (Å²) >= 11 is 1.42. The predicted molar refractivity (Wildman–Crippen MR) is 89.0 cm³/mol. The summed E-state index contributed by atoms with van der Waals surface area (Å²) in [5.41, 5.74) is 10.1. The lowest BCUT2D eigenvalue weighted by Crippen LogP contribution is -2.17. The summed E-state index contributed by atoms with van der Waals surface area (Å²) in [7, 11) is 0. The molecular weight excluding hydrogens is 284 g/mol. The number of nitrogens with one attached hydrogen (secondary N) is 2. The molecule has 6 heteroatoms. The molecule has 1 aromatic carbocycles. The van der Waals surface area contributed by atoms with E-state index in [2.05, 4.69) is 29.5 Å². The summed E-state index contributed by atoms with van der Waals surface area (Å²) in [6, 6.07) is 5.54. The summed E-state index contributed by atoms with van der Waals surface area (Å²) in [5.74, 6) is 0.246. The molecule has 5 nitrogen and oxygen atoms in total. The van der Waals surface area contributed by atoms with E-state index in [9.17, 15) is 4.79 Å². The van der Waals surface area contributed by atoms with Crippen LogP contribution in [-0.2, 0) is 0 Å². The van der Waals surface area contributed by atoms with E-state index in [0.717, 1.165) is 17.1 Å². The topological polar surface area (TPSA) is 80.0 Å². The van der Waals surface area contributed by atoms with Gasteiger partial charge in [0.1, 0.15) is 5.00 Å². The zero-order chi connectivity index (χ0) is 15.4. The van der Waals surface area contributed by atoms with Crippen LogP contribution in [0.15, 0.2) is 23.7 Å². The molecule has 0 spiro atoms. The maximum atomic E-state index is 12.3. The maximum Gasteiger partial charge on any atom is 0.277 e. The van der Waals surface area contributed by atoms with Gasteiger partial charge >= 0.3 is 0 Å². The van der Waals surface area contributed by atoms with Gasteiger partial charge < -0.3 is 16.4 Å². The summed E-state index contributed by atoms with van der Waals surface area (Å²) in [5, 5.41) is 6.86. The first-order valence-electron chi connectivity index (χ1n) is 6.82. The highest BCUT2D eigenvalue weighted by Crippen LogP contribution is 2.24. The van der Waals surface area contributed by atoms with Gasteiger partial charge in [-0.15, -0.1) is 11.3 Å². The van der Waals surface area contributed by atoms with E-state index in [0.29, 0.717) is 23.0 Å². The quantitative estimate of drug-likeness (QED) is 0.740. The number of anilines is 3. The zero-order valence-corrected chi connectivity index (χ0v) is 13.3. The molecule has 0 aliphatic rings. The van der Waals surface area contributed by atoms with E-state index in [1.807, 2.05) is 19.1 Å². The molecule has 4 N–H and O–H groups in total. The highest BCUT2D eigenvalue weighted by molar-refractivity contribution is 7.14. The van der Waals surface area contributed by atoms with Crippen LogP contribution >= 0.6 is 11.3 Å². The fourth-order valence-electron chi connectivity index (χ4n) is 1.79. The number of aromatic nitrogens is 1. The molecule has 0 saturated heterocycles. The molecule has 0 unspecified atom stereocenters. The Morgan fingerprint density at radius 1 is 1.43 bits per heavy atom. The number of amides is 1. The fraction of sp³-hybridized carbons (Fsp3) is 0.333. The molecule has 112 valence electrons. The smallest absolute Gasteiger partial charge is 0.277 e. The average Bonchev–Trinajstić information content (AvgIpc) is 2.89. The Kier molecular flexibility index (Phi) is 4.80. The predicted octanol–water partition coefficient (Wildman–Crippen LogP) is 3.35. The highest BCUT2D eigenvalue weighted by atomic mass is 32.1. The summed E-state index contributed by atoms with van der Waals surface area (Å²) < 4.78 is 0. The number of nitrogens with two attached hydrogens (primary N) is 1. The van der Waals surface area contributed by atoms with Crippen LogP contribution in [0.3, 0.4) is 0 Å². The second-order valence-electron chi connectivity index (χ2n) is 5.35. The molecule has 0 saturated carbocycles. The Hall–Kier alpha value is -2.08. The molecule has 1 aromatic heterocycles. The molecule has 2 aromatic rings. The van der Waals surface area contributed by atoms with Crippen LogP contribution in [0.2, 0.25) is 0 Å². The first kappa shape index (κ1) is 15.3. The Morgan fingerprint density at radius 3 is 2.90 bits per heavy atom. The minimum Gasteiger partial charge on any atom is -0.397 e. The van der Waals surface area contributed by atoms with Crippen molar-refractivity contribution >= 4 is 33.6 Å². The first-order valence-corrected chi connectivity index (χ1v) is 7.70. The second-order valence-corrected chi connectivity index (χ2v) is 6.20. The molecule has 21 heavy (non-hydrogen) atoms. The molecular formula is C15H20N4OS. The van der Waals surface area contributed by atoms with Crippen LogP contribution in [0.4, 0.5) is 16.4 Å². The standard InChI is InChI=1S/C15H20N4OS/c1-9(2)7-17-15-13(18-8-21-15)14(20)19-12-6-10(3)4-5-11(12)16/h4-6,8-9,17H,7,16H2,1-3H3,(H,19,20). The van der Waals surface area contributed by atoms with E-state index in [1.165, 1.54) is 11.3 Å². The van der Waals surface area contributed by atoms with Gasteiger partial charge in [-0.2, -0.15) is 0 Å². The van der Waals surface area contributed by atoms with Crippen molar-refractivity contribution in [3.8, 4) is 0 Å². The van der Waals surface area contributed by atoms with Crippen molar-refractivity contribution in [3.05, 3.63) is 35.0 Å². The number of benzene rings is 1. The van der Waals surface area contributed by atoms with Gasteiger partial charge in [0.25, 0.3) is 5.91 Å². The van der Waals surface area contributed by atoms with E-state index in [4.69, 9.17) is 5.73 Å². The Bertz CT molecular complexity index is 636. The van der Waals surface area contributed by atoms with Crippen molar-refractivity contribution in [2.24, 2.45) is 5.92 Å². The van der Waals surface area contributed by atoms with Gasteiger partial charge in [0.15, 0.2) is 5.69 Å². The number of nitrogen functional groups attached to an aromatic ring is 1. The molecule has 0 fully saturated rings. The van der Waals surface area contributed by atoms with Gasteiger partial charge in [0, 0.05) is 6.54 Å². The van der Waals surface area contributed by atoms with Crippen molar-refractivity contribution in [1.29, 1.82) is 0 Å². The largest absolute Gasteiger partial charge is 0.397 e. The number of aryl methyl sites for hydroxylation is 1. The number of carbonyl (C=O) groups excluding carboxylic acids is 1. The molecule has 0 atom stereocenters. The molecule has 0 bridgehead atoms. The number of hydrogen-bond donors (Lipinski definition) is 3. The van der Waals surface area contributed by atoms with Crippen molar-refractivity contribution in [2.45, 2.75) is 20.8 Å². The minimum atomic E-state index is -0.250. The van der Waals surface area contributed by atoms with Crippen molar-refractivity contribution < 1.29 is 4.79 Å². The van der Waals surface area contributed by atoms with Crippen LogP contribution in [0.25, 0.3) is 0 Å². The third-order valence-electron chi connectivity index (χ3n) is 2.91. The van der Waals surface area contributed by atoms with Crippen LogP contribution in [-0.4, -0.2) is 17.4 Å². The van der Waals surface area contributed by atoms with Gasteiger partial charge in [-0.25, -0.2) is 4.98 Å². The Morgan fingerprint density at radius 2 is 2.19 bits per heavy atom. The normalized spacial score (nSPS) is 10.7. The SMILES string of the molecule is Cc1ccc(N)c(NC(=O)c2ncsc2NCC(C)C)c1. The average molecular weight is 304 g/mol. The zero-order valence-electron chi connectivity index (χ0n) is 12.4. The monoisotopic (exact) mass is 304 g/mol. The van der Waals surface area contributed by atoms with Crippen LogP contribution in [0.1, 0.15) is 29.9 Å². The number of nitrogens with zero attached hydrogens (tertiary/aromatic N) is 1. The lowest BCUT2D eigenvalue weighted by atomic mass is 10.2.